The summed E-state index contributed by atoms with van der Waals surface area (Å²) >= 11 is 0. The minimum atomic E-state index is -0.184. The summed E-state index contributed by atoms with van der Waals surface area (Å²) in [6, 6.07) is 7.55. The second-order valence-corrected chi connectivity index (χ2v) is 4.80. The van der Waals surface area contributed by atoms with Crippen LogP contribution in [0, 0.1) is 17.2 Å². The number of piperidine rings is 1. The summed E-state index contributed by atoms with van der Waals surface area (Å²) in [7, 11) is 3.01. The van der Waals surface area contributed by atoms with Gasteiger partial charge in [-0.15, -0.1) is 0 Å². The Balaban J connectivity index is 2.26. The van der Waals surface area contributed by atoms with E-state index in [1.165, 1.54) is 7.11 Å². The number of hydrogen-bond donors (Lipinski definition) is 0. The first-order valence-corrected chi connectivity index (χ1v) is 6.60. The van der Waals surface area contributed by atoms with E-state index in [1.807, 2.05) is 6.07 Å². The highest BCUT2D eigenvalue weighted by Crippen LogP contribution is 2.29. The maximum atomic E-state index is 11.7. The molecule has 1 unspecified atom stereocenters. The van der Waals surface area contributed by atoms with Gasteiger partial charge in [-0.25, -0.2) is 0 Å². The third-order valence-electron chi connectivity index (χ3n) is 3.62. The molecule has 1 atom stereocenters. The van der Waals surface area contributed by atoms with Crippen molar-refractivity contribution in [1.82, 2.24) is 0 Å². The molecule has 1 aromatic carbocycles. The van der Waals surface area contributed by atoms with Gasteiger partial charge < -0.3 is 14.4 Å². The standard InChI is InChI=1S/C15H18N2O3/c1-19-13-6-5-11(9-16)14(8-13)17-7-3-4-12(10-17)15(18)20-2/h5-6,8,12H,3-4,7,10H2,1-2H3. The summed E-state index contributed by atoms with van der Waals surface area (Å²) in [5.41, 5.74) is 1.41. The molecule has 2 rings (SSSR count). The highest BCUT2D eigenvalue weighted by Gasteiger charge is 2.27. The monoisotopic (exact) mass is 274 g/mol. The quantitative estimate of drug-likeness (QED) is 0.788. The van der Waals surface area contributed by atoms with Crippen LogP contribution in [0.15, 0.2) is 18.2 Å². The first-order valence-electron chi connectivity index (χ1n) is 6.60. The Kier molecular flexibility index (Phi) is 4.46. The normalized spacial score (nSPS) is 18.2. The van der Waals surface area contributed by atoms with Crippen molar-refractivity contribution in [2.45, 2.75) is 12.8 Å². The van der Waals surface area contributed by atoms with Gasteiger partial charge in [-0.2, -0.15) is 5.26 Å². The number of carbonyl (C=O) groups is 1. The zero-order valence-corrected chi connectivity index (χ0v) is 11.8. The number of hydrogen-bond acceptors (Lipinski definition) is 5. The molecule has 1 aromatic rings. The Morgan fingerprint density at radius 1 is 1.45 bits per heavy atom. The maximum Gasteiger partial charge on any atom is 0.310 e. The Morgan fingerprint density at radius 3 is 2.90 bits per heavy atom. The van der Waals surface area contributed by atoms with Gasteiger partial charge in [-0.1, -0.05) is 0 Å². The molecule has 1 aliphatic rings. The number of methoxy groups -OCH3 is 2. The van der Waals surface area contributed by atoms with Gasteiger partial charge in [-0.05, 0) is 25.0 Å². The molecule has 0 spiro atoms. The van der Waals surface area contributed by atoms with E-state index in [2.05, 4.69) is 11.0 Å². The van der Waals surface area contributed by atoms with E-state index < -0.39 is 0 Å². The predicted molar refractivity (Wildman–Crippen MR) is 74.7 cm³/mol. The number of nitriles is 1. The van der Waals surface area contributed by atoms with Gasteiger partial charge in [0.1, 0.15) is 11.8 Å². The Bertz CT molecular complexity index is 536. The Morgan fingerprint density at radius 2 is 2.25 bits per heavy atom. The number of benzene rings is 1. The number of esters is 1. The summed E-state index contributed by atoms with van der Waals surface area (Å²) in [6.45, 7) is 1.41. The van der Waals surface area contributed by atoms with Crippen molar-refractivity contribution >= 4 is 11.7 Å². The number of ether oxygens (including phenoxy) is 2. The average Bonchev–Trinajstić information content (AvgIpc) is 2.53. The van der Waals surface area contributed by atoms with E-state index in [9.17, 15) is 10.1 Å². The summed E-state index contributed by atoms with van der Waals surface area (Å²) in [4.78, 5) is 13.7. The van der Waals surface area contributed by atoms with Crippen LogP contribution in [0.3, 0.4) is 0 Å². The Labute approximate surface area is 118 Å². The van der Waals surface area contributed by atoms with Gasteiger partial charge in [0.2, 0.25) is 0 Å². The molecule has 1 aliphatic heterocycles. The largest absolute Gasteiger partial charge is 0.497 e. The number of carbonyl (C=O) groups excluding carboxylic acids is 1. The van der Waals surface area contributed by atoms with Gasteiger partial charge in [0, 0.05) is 19.2 Å². The van der Waals surface area contributed by atoms with Crippen LogP contribution >= 0.6 is 0 Å². The lowest BCUT2D eigenvalue weighted by Crippen LogP contribution is -2.39. The van der Waals surface area contributed by atoms with E-state index in [1.54, 1.807) is 19.2 Å². The molecule has 1 saturated heterocycles. The molecular formula is C15H18N2O3. The SMILES string of the molecule is COC(=O)C1CCCN(c2cc(OC)ccc2C#N)C1. The van der Waals surface area contributed by atoms with E-state index in [0.717, 1.165) is 25.1 Å². The first kappa shape index (κ1) is 14.2. The highest BCUT2D eigenvalue weighted by atomic mass is 16.5. The molecule has 0 amide bonds. The molecule has 0 aliphatic carbocycles. The van der Waals surface area contributed by atoms with Gasteiger partial charge in [0.05, 0.1) is 31.4 Å². The zero-order chi connectivity index (χ0) is 14.5. The van der Waals surface area contributed by atoms with E-state index >= 15 is 0 Å². The van der Waals surface area contributed by atoms with Crippen molar-refractivity contribution in [3.8, 4) is 11.8 Å². The maximum absolute atomic E-state index is 11.7. The number of nitrogens with zero attached hydrogens (tertiary/aromatic N) is 2. The minimum absolute atomic E-state index is 0.133. The van der Waals surface area contributed by atoms with Gasteiger partial charge >= 0.3 is 5.97 Å². The lowest BCUT2D eigenvalue weighted by atomic mass is 9.97. The number of rotatable bonds is 3. The van der Waals surface area contributed by atoms with Crippen LogP contribution in [0.2, 0.25) is 0 Å². The van der Waals surface area contributed by atoms with Crippen LogP contribution < -0.4 is 9.64 Å². The second kappa shape index (κ2) is 6.29. The summed E-state index contributed by atoms with van der Waals surface area (Å²) in [5, 5.41) is 9.22. The smallest absolute Gasteiger partial charge is 0.310 e. The molecule has 1 heterocycles. The second-order valence-electron chi connectivity index (χ2n) is 4.80. The fourth-order valence-electron chi connectivity index (χ4n) is 2.55. The fourth-order valence-corrected chi connectivity index (χ4v) is 2.55. The molecule has 5 heteroatoms. The predicted octanol–water partition coefficient (Wildman–Crippen LogP) is 1.96. The van der Waals surface area contributed by atoms with Crippen LogP contribution in [0.25, 0.3) is 0 Å². The third kappa shape index (κ3) is 2.85. The van der Waals surface area contributed by atoms with E-state index in [4.69, 9.17) is 9.47 Å². The van der Waals surface area contributed by atoms with Gasteiger partial charge in [0.15, 0.2) is 0 Å². The molecule has 1 fully saturated rings. The van der Waals surface area contributed by atoms with Crippen LogP contribution in [0.5, 0.6) is 5.75 Å². The molecule has 0 N–H and O–H groups in total. The summed E-state index contributed by atoms with van der Waals surface area (Å²) < 4.78 is 10.0. The first-order chi connectivity index (χ1) is 9.69. The molecule has 5 nitrogen and oxygen atoms in total. The van der Waals surface area contributed by atoms with Crippen molar-refractivity contribution in [1.29, 1.82) is 5.26 Å². The molecule has 0 saturated carbocycles. The lowest BCUT2D eigenvalue weighted by Gasteiger charge is -2.33. The lowest BCUT2D eigenvalue weighted by molar-refractivity contribution is -0.145. The van der Waals surface area contributed by atoms with Crippen molar-refractivity contribution in [3.05, 3.63) is 23.8 Å². The van der Waals surface area contributed by atoms with Crippen molar-refractivity contribution < 1.29 is 14.3 Å². The van der Waals surface area contributed by atoms with Crippen molar-refractivity contribution in [2.75, 3.05) is 32.2 Å². The molecular weight excluding hydrogens is 256 g/mol. The van der Waals surface area contributed by atoms with Crippen LogP contribution in [0.1, 0.15) is 18.4 Å². The van der Waals surface area contributed by atoms with Crippen LogP contribution in [0.4, 0.5) is 5.69 Å². The fraction of sp³-hybridized carbons (Fsp3) is 0.467. The molecule has 0 aromatic heterocycles. The number of anilines is 1. The van der Waals surface area contributed by atoms with Crippen molar-refractivity contribution in [2.24, 2.45) is 5.92 Å². The summed E-state index contributed by atoms with van der Waals surface area (Å²) in [5.74, 6) is 0.391. The van der Waals surface area contributed by atoms with Gasteiger partial charge in [0.25, 0.3) is 0 Å². The highest BCUT2D eigenvalue weighted by molar-refractivity contribution is 5.74. The topological polar surface area (TPSA) is 62.6 Å². The minimum Gasteiger partial charge on any atom is -0.497 e. The summed E-state index contributed by atoms with van der Waals surface area (Å²) in [6.07, 6.45) is 1.73. The average molecular weight is 274 g/mol. The molecule has 0 bridgehead atoms. The van der Waals surface area contributed by atoms with Crippen molar-refractivity contribution in [3.63, 3.8) is 0 Å². The van der Waals surface area contributed by atoms with Gasteiger partial charge in [-0.3, -0.25) is 4.79 Å². The van der Waals surface area contributed by atoms with Crippen LogP contribution in [-0.2, 0) is 9.53 Å². The van der Waals surface area contributed by atoms with E-state index in [-0.39, 0.29) is 11.9 Å². The van der Waals surface area contributed by atoms with Crippen LogP contribution in [-0.4, -0.2) is 33.3 Å². The molecule has 106 valence electrons. The third-order valence-corrected chi connectivity index (χ3v) is 3.62. The Hall–Kier alpha value is -2.22. The molecule has 0 radical (unpaired) electrons. The molecule has 20 heavy (non-hydrogen) atoms. The van der Waals surface area contributed by atoms with E-state index in [0.29, 0.717) is 17.9 Å². The zero-order valence-electron chi connectivity index (χ0n) is 11.8.